The molecule has 0 saturated heterocycles. The Kier molecular flexibility index (Phi) is 3.72. The van der Waals surface area contributed by atoms with Crippen LogP contribution in [0.1, 0.15) is 6.92 Å². The third kappa shape index (κ3) is 2.93. The van der Waals surface area contributed by atoms with E-state index in [1.807, 2.05) is 19.2 Å². The lowest BCUT2D eigenvalue weighted by Gasteiger charge is -1.94. The van der Waals surface area contributed by atoms with Gasteiger partial charge in [0.25, 0.3) is 0 Å². The number of nitrogens with one attached hydrogen (secondary N) is 1. The lowest BCUT2D eigenvalue weighted by Crippen LogP contribution is -1.98. The molecule has 0 aliphatic heterocycles. The average Bonchev–Trinajstić information content (AvgIpc) is 2.65. The number of carbonyl (C=O) groups is 1. The Morgan fingerprint density at radius 1 is 1.79 bits per heavy atom. The smallest absolute Gasteiger partial charge is 0.331 e. The first kappa shape index (κ1) is 10.3. The summed E-state index contributed by atoms with van der Waals surface area (Å²) >= 11 is 0. The number of hydrogen-bond donors (Lipinski definition) is 1. The van der Waals surface area contributed by atoms with Crippen LogP contribution in [0.3, 0.4) is 0 Å². The summed E-state index contributed by atoms with van der Waals surface area (Å²) in [6, 6.07) is 1.82. The molecule has 0 saturated carbocycles. The number of ether oxygens (including phenoxy) is 1. The second-order valence-corrected chi connectivity index (χ2v) is 2.56. The lowest BCUT2D eigenvalue weighted by molar-refractivity contribution is -0.134. The van der Waals surface area contributed by atoms with Crippen molar-refractivity contribution in [1.29, 1.82) is 0 Å². The van der Waals surface area contributed by atoms with E-state index in [0.717, 1.165) is 6.54 Å². The summed E-state index contributed by atoms with van der Waals surface area (Å²) in [5, 5.41) is 7.00. The topological polar surface area (TPSA) is 56.2 Å². The molecule has 0 aromatic carbocycles. The third-order valence-electron chi connectivity index (χ3n) is 1.62. The maximum Gasteiger partial charge on any atom is 0.331 e. The highest BCUT2D eigenvalue weighted by Crippen LogP contribution is 2.01. The van der Waals surface area contributed by atoms with Crippen molar-refractivity contribution < 1.29 is 9.53 Å². The Morgan fingerprint density at radius 3 is 3.14 bits per heavy atom. The molecule has 5 heteroatoms. The van der Waals surface area contributed by atoms with Crippen molar-refractivity contribution in [3.05, 3.63) is 24.5 Å². The van der Waals surface area contributed by atoms with Crippen molar-refractivity contribution in [2.45, 2.75) is 13.5 Å². The predicted octanol–water partition coefficient (Wildman–Crippen LogP) is 1.00. The first-order valence-corrected chi connectivity index (χ1v) is 4.30. The molecule has 1 aromatic heterocycles. The minimum absolute atomic E-state index is 0.396. The number of carbonyl (C=O) groups excluding carboxylic acids is 1. The van der Waals surface area contributed by atoms with Crippen molar-refractivity contribution >= 4 is 11.8 Å². The van der Waals surface area contributed by atoms with Gasteiger partial charge in [-0.15, -0.1) is 0 Å². The number of rotatable bonds is 4. The van der Waals surface area contributed by atoms with Gasteiger partial charge in [-0.25, -0.2) is 4.79 Å². The van der Waals surface area contributed by atoms with Gasteiger partial charge in [-0.1, -0.05) is 0 Å². The Morgan fingerprint density at radius 2 is 2.57 bits per heavy atom. The molecule has 0 radical (unpaired) electrons. The molecule has 1 N–H and O–H groups in total. The van der Waals surface area contributed by atoms with Crippen molar-refractivity contribution in [3.63, 3.8) is 0 Å². The fourth-order valence-corrected chi connectivity index (χ4v) is 0.878. The predicted molar refractivity (Wildman–Crippen MR) is 52.7 cm³/mol. The number of esters is 1. The standard InChI is InChI=1S/C9H13N3O2/c1-3-12-7-5-8(11-12)10-6-4-9(13)14-2/h4-7H,3H2,1-2H3,(H,10,11)/b6-4+. The summed E-state index contributed by atoms with van der Waals surface area (Å²) < 4.78 is 6.21. The molecule has 0 atom stereocenters. The number of methoxy groups -OCH3 is 1. The summed E-state index contributed by atoms with van der Waals surface area (Å²) in [7, 11) is 1.33. The van der Waals surface area contributed by atoms with E-state index < -0.39 is 5.97 Å². The Labute approximate surface area is 82.4 Å². The van der Waals surface area contributed by atoms with Crippen molar-refractivity contribution in [3.8, 4) is 0 Å². The highest BCUT2D eigenvalue weighted by Gasteiger charge is 1.94. The Bertz CT molecular complexity index is 331. The van der Waals surface area contributed by atoms with Crippen LogP contribution in [0.4, 0.5) is 5.82 Å². The van der Waals surface area contributed by atoms with Crippen LogP contribution in [0.5, 0.6) is 0 Å². The molecule has 1 aromatic rings. The molecule has 14 heavy (non-hydrogen) atoms. The zero-order valence-corrected chi connectivity index (χ0v) is 8.23. The van der Waals surface area contributed by atoms with Gasteiger partial charge in [-0.3, -0.25) is 4.68 Å². The molecule has 76 valence electrons. The Balaban J connectivity index is 2.45. The zero-order valence-electron chi connectivity index (χ0n) is 8.23. The number of nitrogens with zero attached hydrogens (tertiary/aromatic N) is 2. The first-order valence-electron chi connectivity index (χ1n) is 4.30. The maximum atomic E-state index is 10.7. The number of aromatic nitrogens is 2. The molecule has 0 fully saturated rings. The van der Waals surface area contributed by atoms with Gasteiger partial charge in [0.15, 0.2) is 5.82 Å². The van der Waals surface area contributed by atoms with Crippen LogP contribution in [0.2, 0.25) is 0 Å². The second kappa shape index (κ2) is 5.06. The highest BCUT2D eigenvalue weighted by atomic mass is 16.5. The molecule has 0 amide bonds. The number of hydrogen-bond acceptors (Lipinski definition) is 4. The molecule has 0 unspecified atom stereocenters. The van der Waals surface area contributed by atoms with Gasteiger partial charge in [0, 0.05) is 31.1 Å². The molecular formula is C9H13N3O2. The van der Waals surface area contributed by atoms with Crippen LogP contribution in [-0.4, -0.2) is 22.9 Å². The highest BCUT2D eigenvalue weighted by molar-refractivity contribution is 5.82. The summed E-state index contributed by atoms with van der Waals surface area (Å²) in [5.41, 5.74) is 0. The summed E-state index contributed by atoms with van der Waals surface area (Å²) in [6.07, 6.45) is 4.65. The number of anilines is 1. The molecule has 0 bridgehead atoms. The van der Waals surface area contributed by atoms with Gasteiger partial charge in [-0.05, 0) is 6.92 Å². The van der Waals surface area contributed by atoms with Gasteiger partial charge in [0.05, 0.1) is 7.11 Å². The molecule has 5 nitrogen and oxygen atoms in total. The number of aryl methyl sites for hydroxylation is 1. The molecule has 0 aliphatic carbocycles. The van der Waals surface area contributed by atoms with E-state index in [0.29, 0.717) is 5.82 Å². The molecule has 0 aliphatic rings. The lowest BCUT2D eigenvalue weighted by atomic mass is 10.6. The monoisotopic (exact) mass is 195 g/mol. The zero-order chi connectivity index (χ0) is 10.4. The largest absolute Gasteiger partial charge is 0.466 e. The van der Waals surface area contributed by atoms with Gasteiger partial charge in [0.1, 0.15) is 0 Å². The fraction of sp³-hybridized carbons (Fsp3) is 0.333. The first-order chi connectivity index (χ1) is 6.76. The van der Waals surface area contributed by atoms with E-state index in [1.165, 1.54) is 19.4 Å². The molecular weight excluding hydrogens is 182 g/mol. The van der Waals surface area contributed by atoms with Crippen LogP contribution in [0, 0.1) is 0 Å². The normalized spacial score (nSPS) is 10.4. The van der Waals surface area contributed by atoms with E-state index in [2.05, 4.69) is 15.2 Å². The maximum absolute atomic E-state index is 10.7. The quantitative estimate of drug-likeness (QED) is 0.575. The van der Waals surface area contributed by atoms with Crippen LogP contribution >= 0.6 is 0 Å². The van der Waals surface area contributed by atoms with Crippen LogP contribution in [0.15, 0.2) is 24.5 Å². The average molecular weight is 195 g/mol. The van der Waals surface area contributed by atoms with Crippen molar-refractivity contribution in [2.24, 2.45) is 0 Å². The van der Waals surface area contributed by atoms with E-state index in [1.54, 1.807) is 4.68 Å². The van der Waals surface area contributed by atoms with E-state index in [9.17, 15) is 4.79 Å². The van der Waals surface area contributed by atoms with Crippen molar-refractivity contribution in [1.82, 2.24) is 9.78 Å². The minimum atomic E-state index is -0.396. The molecule has 1 heterocycles. The summed E-state index contributed by atoms with van der Waals surface area (Å²) in [5.74, 6) is 0.305. The van der Waals surface area contributed by atoms with Gasteiger partial charge in [0.2, 0.25) is 0 Å². The molecule has 1 rings (SSSR count). The van der Waals surface area contributed by atoms with Gasteiger partial charge in [-0.2, -0.15) is 5.10 Å². The summed E-state index contributed by atoms with van der Waals surface area (Å²) in [4.78, 5) is 10.7. The van der Waals surface area contributed by atoms with Crippen LogP contribution in [-0.2, 0) is 16.1 Å². The van der Waals surface area contributed by atoms with E-state index >= 15 is 0 Å². The van der Waals surface area contributed by atoms with Crippen LogP contribution in [0.25, 0.3) is 0 Å². The van der Waals surface area contributed by atoms with E-state index in [-0.39, 0.29) is 0 Å². The van der Waals surface area contributed by atoms with Crippen LogP contribution < -0.4 is 5.32 Å². The summed E-state index contributed by atoms with van der Waals surface area (Å²) in [6.45, 7) is 2.82. The second-order valence-electron chi connectivity index (χ2n) is 2.56. The minimum Gasteiger partial charge on any atom is -0.466 e. The van der Waals surface area contributed by atoms with E-state index in [4.69, 9.17) is 0 Å². The molecule has 0 spiro atoms. The SMILES string of the molecule is CCn1ccc(N/C=C/C(=O)OC)n1. The van der Waals surface area contributed by atoms with Crippen molar-refractivity contribution in [2.75, 3.05) is 12.4 Å². The third-order valence-corrected chi connectivity index (χ3v) is 1.62. The van der Waals surface area contributed by atoms with Gasteiger partial charge >= 0.3 is 5.97 Å². The van der Waals surface area contributed by atoms with Gasteiger partial charge < -0.3 is 10.1 Å². The Hall–Kier alpha value is -1.78. The fourth-order valence-electron chi connectivity index (χ4n) is 0.878.